The van der Waals surface area contributed by atoms with Crippen LogP contribution < -0.4 is 14.8 Å². The van der Waals surface area contributed by atoms with Gasteiger partial charge in [0.15, 0.2) is 11.5 Å². The largest absolute Gasteiger partial charge is 0.486 e. The van der Waals surface area contributed by atoms with Crippen molar-refractivity contribution in [2.24, 2.45) is 0 Å². The van der Waals surface area contributed by atoms with Gasteiger partial charge in [0.25, 0.3) is 5.91 Å². The Bertz CT molecular complexity index is 772. The number of nitrogens with one attached hydrogen (secondary N) is 1. The summed E-state index contributed by atoms with van der Waals surface area (Å²) in [5.74, 6) is 0.0743. The summed E-state index contributed by atoms with van der Waals surface area (Å²) in [5, 5.41) is 2.89. The Morgan fingerprint density at radius 1 is 1.17 bits per heavy atom. The zero-order valence-corrected chi connectivity index (χ0v) is 14.1. The van der Waals surface area contributed by atoms with Crippen LogP contribution in [0.15, 0.2) is 36.4 Å². The molecule has 2 aromatic carbocycles. The molecule has 0 unspecified atom stereocenters. The van der Waals surface area contributed by atoms with E-state index in [9.17, 15) is 9.18 Å². The molecule has 1 heterocycles. The number of carbonyl (C=O) groups is 1. The van der Waals surface area contributed by atoms with Gasteiger partial charge in [0.05, 0.1) is 16.1 Å². The Hall–Kier alpha value is -2.27. The van der Waals surface area contributed by atoms with Crippen molar-refractivity contribution in [2.45, 2.75) is 19.4 Å². The van der Waals surface area contributed by atoms with E-state index in [0.717, 1.165) is 5.56 Å². The number of ether oxygens (including phenoxy) is 2. The molecule has 1 aliphatic rings. The second-order valence-corrected chi connectivity index (χ2v) is 6.44. The molecule has 1 N–H and O–H groups in total. The van der Waals surface area contributed by atoms with Crippen molar-refractivity contribution in [1.82, 2.24) is 5.32 Å². The molecule has 0 radical (unpaired) electrons. The molecular weight excluding hydrogens is 333 g/mol. The summed E-state index contributed by atoms with van der Waals surface area (Å²) in [4.78, 5) is 12.5. The number of hydrogen-bond donors (Lipinski definition) is 1. The van der Waals surface area contributed by atoms with E-state index in [1.807, 2.05) is 26.0 Å². The fraction of sp³-hybridized carbons (Fsp3) is 0.278. The third kappa shape index (κ3) is 3.17. The Morgan fingerprint density at radius 3 is 2.58 bits per heavy atom. The molecule has 24 heavy (non-hydrogen) atoms. The summed E-state index contributed by atoms with van der Waals surface area (Å²) < 4.78 is 25.0. The fourth-order valence-corrected chi connectivity index (χ4v) is 2.81. The van der Waals surface area contributed by atoms with Crippen molar-refractivity contribution in [2.75, 3.05) is 13.2 Å². The van der Waals surface area contributed by atoms with Gasteiger partial charge < -0.3 is 14.8 Å². The summed E-state index contributed by atoms with van der Waals surface area (Å²) in [6.45, 7) is 4.64. The number of amides is 1. The van der Waals surface area contributed by atoms with E-state index >= 15 is 0 Å². The lowest BCUT2D eigenvalue weighted by Gasteiger charge is -2.29. The van der Waals surface area contributed by atoms with Gasteiger partial charge in [-0.25, -0.2) is 4.39 Å². The maximum atomic E-state index is 13.9. The molecule has 0 aliphatic carbocycles. The molecule has 0 spiro atoms. The van der Waals surface area contributed by atoms with Gasteiger partial charge in [-0.2, -0.15) is 0 Å². The highest BCUT2D eigenvalue weighted by molar-refractivity contribution is 6.33. The zero-order chi connectivity index (χ0) is 17.3. The van der Waals surface area contributed by atoms with Crippen molar-refractivity contribution in [3.8, 4) is 11.5 Å². The van der Waals surface area contributed by atoms with Crippen molar-refractivity contribution >= 4 is 17.5 Å². The van der Waals surface area contributed by atoms with Crippen LogP contribution in [0.3, 0.4) is 0 Å². The number of halogens is 2. The van der Waals surface area contributed by atoms with Crippen LogP contribution in [-0.4, -0.2) is 19.1 Å². The first-order valence-corrected chi connectivity index (χ1v) is 7.93. The quantitative estimate of drug-likeness (QED) is 0.913. The molecule has 0 saturated heterocycles. The molecule has 126 valence electrons. The minimum absolute atomic E-state index is 0.0745. The van der Waals surface area contributed by atoms with Crippen LogP contribution >= 0.6 is 11.6 Å². The molecule has 0 bridgehead atoms. The Morgan fingerprint density at radius 2 is 1.88 bits per heavy atom. The molecule has 0 fully saturated rings. The zero-order valence-electron chi connectivity index (χ0n) is 13.4. The number of carbonyl (C=O) groups excluding carboxylic acids is 1. The first kappa shape index (κ1) is 16.6. The van der Waals surface area contributed by atoms with Crippen LogP contribution in [0.25, 0.3) is 0 Å². The van der Waals surface area contributed by atoms with Gasteiger partial charge in [0, 0.05) is 0 Å². The highest BCUT2D eigenvalue weighted by Gasteiger charge is 2.27. The minimum atomic E-state index is -0.751. The van der Waals surface area contributed by atoms with Crippen LogP contribution in [0.1, 0.15) is 29.8 Å². The van der Waals surface area contributed by atoms with Gasteiger partial charge in [-0.15, -0.1) is 0 Å². The van der Waals surface area contributed by atoms with Crippen LogP contribution in [0, 0.1) is 5.82 Å². The second kappa shape index (κ2) is 6.32. The second-order valence-electron chi connectivity index (χ2n) is 6.03. The van der Waals surface area contributed by atoms with E-state index < -0.39 is 17.3 Å². The predicted octanol–water partition coefficient (Wildman–Crippen LogP) is 3.92. The summed E-state index contributed by atoms with van der Waals surface area (Å²) >= 11 is 5.96. The summed E-state index contributed by atoms with van der Waals surface area (Å²) in [5.41, 5.74) is -0.101. The van der Waals surface area contributed by atoms with Gasteiger partial charge >= 0.3 is 0 Å². The standard InChI is InChI=1S/C18H17ClFNO3/c1-18(2,11-6-7-14-15(10-11)24-9-8-23-14)21-17(22)16-12(19)4-3-5-13(16)20/h3-7,10H,8-9H2,1-2H3,(H,21,22). The third-order valence-electron chi connectivity index (χ3n) is 3.88. The summed E-state index contributed by atoms with van der Waals surface area (Å²) in [6, 6.07) is 9.61. The predicted molar refractivity (Wildman–Crippen MR) is 89.3 cm³/mol. The summed E-state index contributed by atoms with van der Waals surface area (Å²) in [6.07, 6.45) is 0. The molecule has 1 aliphatic heterocycles. The van der Waals surface area contributed by atoms with Gasteiger partial charge in [0.1, 0.15) is 19.0 Å². The first-order valence-electron chi connectivity index (χ1n) is 7.55. The minimum Gasteiger partial charge on any atom is -0.486 e. The third-order valence-corrected chi connectivity index (χ3v) is 4.19. The maximum Gasteiger partial charge on any atom is 0.256 e. The molecule has 0 saturated carbocycles. The number of fused-ring (bicyclic) bond motifs is 1. The Kier molecular flexibility index (Phi) is 4.37. The van der Waals surface area contributed by atoms with E-state index in [-0.39, 0.29) is 10.6 Å². The summed E-state index contributed by atoms with van der Waals surface area (Å²) in [7, 11) is 0. The smallest absolute Gasteiger partial charge is 0.256 e. The SMILES string of the molecule is CC(C)(NC(=O)c1c(F)cccc1Cl)c1ccc2c(c1)OCCO2. The average molecular weight is 350 g/mol. The van der Waals surface area contributed by atoms with Crippen molar-refractivity contribution in [3.05, 3.63) is 58.4 Å². The lowest BCUT2D eigenvalue weighted by atomic mass is 9.93. The van der Waals surface area contributed by atoms with Gasteiger partial charge in [-0.1, -0.05) is 23.7 Å². The van der Waals surface area contributed by atoms with Gasteiger partial charge in [0.2, 0.25) is 0 Å². The van der Waals surface area contributed by atoms with Gasteiger partial charge in [-0.05, 0) is 43.7 Å². The van der Waals surface area contributed by atoms with E-state index in [1.54, 1.807) is 6.07 Å². The number of benzene rings is 2. The van der Waals surface area contributed by atoms with Crippen LogP contribution in [-0.2, 0) is 5.54 Å². The van der Waals surface area contributed by atoms with Crippen molar-refractivity contribution in [3.63, 3.8) is 0 Å². The topological polar surface area (TPSA) is 47.6 Å². The number of hydrogen-bond acceptors (Lipinski definition) is 3. The molecule has 4 nitrogen and oxygen atoms in total. The lowest BCUT2D eigenvalue weighted by Crippen LogP contribution is -2.41. The van der Waals surface area contributed by atoms with Crippen LogP contribution in [0.2, 0.25) is 5.02 Å². The average Bonchev–Trinajstić information content (AvgIpc) is 2.53. The van der Waals surface area contributed by atoms with E-state index in [2.05, 4.69) is 5.32 Å². The highest BCUT2D eigenvalue weighted by Crippen LogP contribution is 2.34. The molecule has 6 heteroatoms. The molecule has 3 rings (SSSR count). The van der Waals surface area contributed by atoms with Crippen LogP contribution in [0.5, 0.6) is 11.5 Å². The fourth-order valence-electron chi connectivity index (χ4n) is 2.57. The Labute approximate surface area is 144 Å². The van der Waals surface area contributed by atoms with Crippen molar-refractivity contribution < 1.29 is 18.7 Å². The first-order chi connectivity index (χ1) is 11.4. The van der Waals surface area contributed by atoms with E-state index in [0.29, 0.717) is 24.7 Å². The molecule has 1 amide bonds. The van der Waals surface area contributed by atoms with Gasteiger partial charge in [-0.3, -0.25) is 4.79 Å². The van der Waals surface area contributed by atoms with E-state index in [1.165, 1.54) is 18.2 Å². The van der Waals surface area contributed by atoms with Crippen LogP contribution in [0.4, 0.5) is 4.39 Å². The molecular formula is C18H17ClFNO3. The Balaban J connectivity index is 1.87. The number of rotatable bonds is 3. The normalized spacial score (nSPS) is 13.5. The lowest BCUT2D eigenvalue weighted by molar-refractivity contribution is 0.0907. The molecule has 2 aromatic rings. The molecule has 0 atom stereocenters. The van der Waals surface area contributed by atoms with E-state index in [4.69, 9.17) is 21.1 Å². The highest BCUT2D eigenvalue weighted by atomic mass is 35.5. The van der Waals surface area contributed by atoms with Crippen molar-refractivity contribution in [1.29, 1.82) is 0 Å². The molecule has 0 aromatic heterocycles. The monoisotopic (exact) mass is 349 g/mol. The maximum absolute atomic E-state index is 13.9.